The van der Waals surface area contributed by atoms with E-state index in [1.54, 1.807) is 13.3 Å². The van der Waals surface area contributed by atoms with Crippen molar-refractivity contribution in [1.29, 1.82) is 0 Å². The Bertz CT molecular complexity index is 1250. The number of amides is 1. The number of aromatic nitrogens is 3. The van der Waals surface area contributed by atoms with Crippen LogP contribution in [0.4, 0.5) is 0 Å². The molecule has 4 aromatic rings. The van der Waals surface area contributed by atoms with E-state index in [4.69, 9.17) is 9.72 Å². The number of aryl methyl sites for hydroxylation is 1. The van der Waals surface area contributed by atoms with Crippen molar-refractivity contribution in [3.8, 4) is 11.3 Å². The van der Waals surface area contributed by atoms with E-state index in [0.29, 0.717) is 25.3 Å². The molecule has 0 bridgehead atoms. The third-order valence-corrected chi connectivity index (χ3v) is 5.78. The topological polar surface area (TPSA) is 60.2 Å². The zero-order valence-corrected chi connectivity index (χ0v) is 19.7. The fourth-order valence-electron chi connectivity index (χ4n) is 4.00. The molecule has 0 spiro atoms. The number of carbonyl (C=O) groups is 1. The quantitative estimate of drug-likeness (QED) is 0.373. The van der Waals surface area contributed by atoms with Crippen molar-refractivity contribution < 1.29 is 9.53 Å². The van der Waals surface area contributed by atoms with Crippen molar-refractivity contribution in [2.45, 2.75) is 33.4 Å². The summed E-state index contributed by atoms with van der Waals surface area (Å²) in [6, 6.07) is 20.2. The Balaban J connectivity index is 1.84. The molecule has 0 atom stereocenters. The summed E-state index contributed by atoms with van der Waals surface area (Å²) in [5.74, 6) is -0.0542. The first-order chi connectivity index (χ1) is 16.0. The van der Waals surface area contributed by atoms with Gasteiger partial charge in [0.05, 0.1) is 29.4 Å². The predicted octanol–water partition coefficient (Wildman–Crippen LogP) is 5.28. The van der Waals surface area contributed by atoms with Gasteiger partial charge in [-0.2, -0.15) is 5.10 Å². The largest absolute Gasteiger partial charge is 0.383 e. The smallest absolute Gasteiger partial charge is 0.255 e. The first-order valence-corrected chi connectivity index (χ1v) is 11.3. The van der Waals surface area contributed by atoms with Crippen molar-refractivity contribution in [3.63, 3.8) is 0 Å². The third kappa shape index (κ3) is 4.81. The number of ether oxygens (including phenoxy) is 1. The zero-order chi connectivity index (χ0) is 23.4. The first-order valence-electron chi connectivity index (χ1n) is 11.3. The van der Waals surface area contributed by atoms with Crippen molar-refractivity contribution >= 4 is 16.9 Å². The van der Waals surface area contributed by atoms with Gasteiger partial charge in [0.1, 0.15) is 0 Å². The van der Waals surface area contributed by atoms with Gasteiger partial charge in [0.25, 0.3) is 5.91 Å². The Morgan fingerprint density at radius 2 is 1.82 bits per heavy atom. The van der Waals surface area contributed by atoms with Gasteiger partial charge in [-0.15, -0.1) is 0 Å². The highest BCUT2D eigenvalue weighted by Gasteiger charge is 2.23. The van der Waals surface area contributed by atoms with Crippen molar-refractivity contribution in [3.05, 3.63) is 83.6 Å². The van der Waals surface area contributed by atoms with Gasteiger partial charge < -0.3 is 9.64 Å². The molecular formula is C27H30N4O2. The molecule has 1 amide bonds. The second-order valence-electron chi connectivity index (χ2n) is 8.50. The molecule has 33 heavy (non-hydrogen) atoms. The average molecular weight is 443 g/mol. The molecule has 0 aliphatic rings. The molecule has 0 aliphatic carbocycles. The molecule has 170 valence electrons. The molecule has 0 unspecified atom stereocenters. The number of fused-ring (bicyclic) bond motifs is 1. The maximum Gasteiger partial charge on any atom is 0.255 e. The molecule has 2 heterocycles. The minimum atomic E-state index is -0.0542. The molecular weight excluding hydrogens is 412 g/mol. The lowest BCUT2D eigenvalue weighted by atomic mass is 10.0. The molecule has 0 saturated heterocycles. The van der Waals surface area contributed by atoms with Gasteiger partial charge in [-0.05, 0) is 38.0 Å². The van der Waals surface area contributed by atoms with Gasteiger partial charge in [0.2, 0.25) is 0 Å². The molecule has 4 rings (SSSR count). The van der Waals surface area contributed by atoms with Crippen LogP contribution in [0.2, 0.25) is 0 Å². The maximum atomic E-state index is 13.9. The highest BCUT2D eigenvalue weighted by molar-refractivity contribution is 6.06. The van der Waals surface area contributed by atoms with Gasteiger partial charge in [-0.25, -0.2) is 9.67 Å². The van der Waals surface area contributed by atoms with Crippen molar-refractivity contribution in [2.24, 2.45) is 0 Å². The Hall–Kier alpha value is -3.51. The van der Waals surface area contributed by atoms with Crippen LogP contribution >= 0.6 is 0 Å². The van der Waals surface area contributed by atoms with Crippen LogP contribution in [0.1, 0.15) is 41.4 Å². The van der Waals surface area contributed by atoms with Crippen molar-refractivity contribution in [2.75, 3.05) is 20.3 Å². The number of methoxy groups -OCH3 is 1. The summed E-state index contributed by atoms with van der Waals surface area (Å²) in [4.78, 5) is 20.7. The molecule has 6 nitrogen and oxygen atoms in total. The number of hydrogen-bond donors (Lipinski definition) is 0. The molecule has 0 N–H and O–H groups in total. The number of pyridine rings is 1. The van der Waals surface area contributed by atoms with Crippen LogP contribution in [-0.2, 0) is 11.3 Å². The number of carbonyl (C=O) groups excluding carboxylic acids is 1. The van der Waals surface area contributed by atoms with E-state index in [2.05, 4.69) is 31.9 Å². The van der Waals surface area contributed by atoms with Gasteiger partial charge in [0.15, 0.2) is 5.65 Å². The summed E-state index contributed by atoms with van der Waals surface area (Å²) in [5, 5.41) is 5.32. The molecule has 2 aromatic heterocycles. The van der Waals surface area contributed by atoms with E-state index < -0.39 is 0 Å². The summed E-state index contributed by atoms with van der Waals surface area (Å²) in [6.45, 7) is 7.65. The second kappa shape index (κ2) is 9.96. The van der Waals surface area contributed by atoms with E-state index in [0.717, 1.165) is 33.4 Å². The Morgan fingerprint density at radius 1 is 1.09 bits per heavy atom. The molecule has 0 radical (unpaired) electrons. The minimum absolute atomic E-state index is 0.0542. The summed E-state index contributed by atoms with van der Waals surface area (Å²) < 4.78 is 7.18. The molecule has 0 aliphatic heterocycles. The fraction of sp³-hybridized carbons (Fsp3) is 0.296. The second-order valence-corrected chi connectivity index (χ2v) is 8.50. The molecule has 0 fully saturated rings. The first kappa shape index (κ1) is 22.7. The maximum absolute atomic E-state index is 13.9. The lowest BCUT2D eigenvalue weighted by Crippen LogP contribution is -2.33. The number of rotatable bonds is 8. The predicted molar refractivity (Wildman–Crippen MR) is 131 cm³/mol. The standard InChI is InChI=1S/C27H30N4O2/c1-19(2)31-26-24(17-28-31)23(16-25(29-26)22-13-9-8-10-20(22)3)27(32)30(14-15-33-4)18-21-11-6-5-7-12-21/h5-13,16-17,19H,14-15,18H2,1-4H3. The van der Waals surface area contributed by atoms with Crippen LogP contribution in [0.5, 0.6) is 0 Å². The van der Waals surface area contributed by atoms with E-state index >= 15 is 0 Å². The van der Waals surface area contributed by atoms with Crippen LogP contribution in [0.3, 0.4) is 0 Å². The normalized spacial score (nSPS) is 11.3. The van der Waals surface area contributed by atoms with Crippen LogP contribution in [0, 0.1) is 6.92 Å². The van der Waals surface area contributed by atoms with Gasteiger partial charge in [-0.1, -0.05) is 54.6 Å². The zero-order valence-electron chi connectivity index (χ0n) is 19.7. The molecule has 6 heteroatoms. The van der Waals surface area contributed by atoms with E-state index in [9.17, 15) is 4.79 Å². The molecule has 2 aromatic carbocycles. The van der Waals surface area contributed by atoms with Crippen LogP contribution < -0.4 is 0 Å². The van der Waals surface area contributed by atoms with Gasteiger partial charge >= 0.3 is 0 Å². The van der Waals surface area contributed by atoms with Crippen molar-refractivity contribution in [1.82, 2.24) is 19.7 Å². The van der Waals surface area contributed by atoms with Crippen LogP contribution in [-0.4, -0.2) is 45.8 Å². The Labute approximate surface area is 194 Å². The summed E-state index contributed by atoms with van der Waals surface area (Å²) in [7, 11) is 1.65. The Kier molecular flexibility index (Phi) is 6.84. The number of benzene rings is 2. The average Bonchev–Trinajstić information content (AvgIpc) is 3.26. The fourth-order valence-corrected chi connectivity index (χ4v) is 4.00. The van der Waals surface area contributed by atoms with E-state index in [1.807, 2.05) is 64.2 Å². The molecule has 0 saturated carbocycles. The van der Waals surface area contributed by atoms with Gasteiger partial charge in [-0.3, -0.25) is 4.79 Å². The SMILES string of the molecule is COCCN(Cc1ccccc1)C(=O)c1cc(-c2ccccc2C)nc2c1cnn2C(C)C. The van der Waals surface area contributed by atoms with Crippen LogP contribution in [0.25, 0.3) is 22.3 Å². The van der Waals surface area contributed by atoms with Crippen LogP contribution in [0.15, 0.2) is 66.9 Å². The number of nitrogens with zero attached hydrogens (tertiary/aromatic N) is 4. The monoisotopic (exact) mass is 442 g/mol. The summed E-state index contributed by atoms with van der Waals surface area (Å²) >= 11 is 0. The third-order valence-electron chi connectivity index (χ3n) is 5.78. The lowest BCUT2D eigenvalue weighted by molar-refractivity contribution is 0.0682. The van der Waals surface area contributed by atoms with E-state index in [-0.39, 0.29) is 11.9 Å². The summed E-state index contributed by atoms with van der Waals surface area (Å²) in [6.07, 6.45) is 1.76. The lowest BCUT2D eigenvalue weighted by Gasteiger charge is -2.23. The van der Waals surface area contributed by atoms with Gasteiger partial charge in [0, 0.05) is 31.8 Å². The highest BCUT2D eigenvalue weighted by Crippen LogP contribution is 2.29. The Morgan fingerprint density at radius 3 is 2.52 bits per heavy atom. The minimum Gasteiger partial charge on any atom is -0.383 e. The highest BCUT2D eigenvalue weighted by atomic mass is 16.5. The number of hydrogen-bond acceptors (Lipinski definition) is 4. The summed E-state index contributed by atoms with van der Waals surface area (Å²) in [5.41, 5.74) is 5.30. The van der Waals surface area contributed by atoms with E-state index in [1.165, 1.54) is 0 Å².